The summed E-state index contributed by atoms with van der Waals surface area (Å²) in [5.74, 6) is 0.326. The fourth-order valence-corrected chi connectivity index (χ4v) is 2.97. The number of hydrogen-bond donors (Lipinski definition) is 1. The molecule has 1 N–H and O–H groups in total. The van der Waals surface area contributed by atoms with Crippen LogP contribution < -0.4 is 0 Å². The first kappa shape index (κ1) is 10.4. The molecule has 3 nitrogen and oxygen atoms in total. The van der Waals surface area contributed by atoms with Crippen molar-refractivity contribution in [2.45, 2.75) is 43.8 Å². The molecule has 2 atom stereocenters. The molecule has 1 spiro atoms. The summed E-state index contributed by atoms with van der Waals surface area (Å²) in [5.41, 5.74) is 1.01. The molecule has 3 heteroatoms. The van der Waals surface area contributed by atoms with Crippen LogP contribution in [0.25, 0.3) is 0 Å². The van der Waals surface area contributed by atoms with E-state index in [9.17, 15) is 5.11 Å². The van der Waals surface area contributed by atoms with Gasteiger partial charge in [-0.1, -0.05) is 0 Å². The molecule has 1 aromatic heterocycles. The number of aliphatic hydroxyl groups excluding tert-OH is 1. The van der Waals surface area contributed by atoms with Gasteiger partial charge in [0.25, 0.3) is 0 Å². The first-order chi connectivity index (χ1) is 7.79. The second-order valence-electron chi connectivity index (χ2n) is 5.14. The molecule has 1 aliphatic heterocycles. The quantitative estimate of drug-likeness (QED) is 0.836. The van der Waals surface area contributed by atoms with E-state index in [4.69, 9.17) is 9.15 Å². The van der Waals surface area contributed by atoms with Gasteiger partial charge in [0.1, 0.15) is 0 Å². The molecule has 1 aromatic rings. The summed E-state index contributed by atoms with van der Waals surface area (Å²) < 4.78 is 10.9. The van der Waals surface area contributed by atoms with Gasteiger partial charge in [0.2, 0.25) is 0 Å². The highest BCUT2D eigenvalue weighted by atomic mass is 16.5. The molecule has 2 fully saturated rings. The van der Waals surface area contributed by atoms with Gasteiger partial charge in [0, 0.05) is 12.2 Å². The van der Waals surface area contributed by atoms with Crippen molar-refractivity contribution in [3.63, 3.8) is 0 Å². The Bertz CT molecular complexity index is 340. The highest BCUT2D eigenvalue weighted by Gasteiger charge is 2.44. The highest BCUT2D eigenvalue weighted by Crippen LogP contribution is 2.47. The van der Waals surface area contributed by atoms with Gasteiger partial charge in [-0.05, 0) is 44.1 Å². The maximum atomic E-state index is 10.3. The smallest absolute Gasteiger partial charge is 0.0960 e. The highest BCUT2D eigenvalue weighted by molar-refractivity contribution is 5.11. The number of hydrogen-bond acceptors (Lipinski definition) is 3. The average molecular weight is 222 g/mol. The van der Waals surface area contributed by atoms with E-state index in [-0.39, 0.29) is 11.7 Å². The molecule has 16 heavy (non-hydrogen) atoms. The minimum atomic E-state index is -0.389. The fraction of sp³-hybridized carbons (Fsp3) is 0.692. The van der Waals surface area contributed by atoms with E-state index in [1.807, 2.05) is 6.07 Å². The van der Waals surface area contributed by atoms with E-state index in [1.165, 1.54) is 19.3 Å². The van der Waals surface area contributed by atoms with Gasteiger partial charge in [0.15, 0.2) is 0 Å². The molecule has 2 aliphatic rings. The SMILES string of the molecule is OC(c1ccoc1)C1CCOC2(CCC2)C1. The zero-order valence-electron chi connectivity index (χ0n) is 9.39. The van der Waals surface area contributed by atoms with Crippen LogP contribution >= 0.6 is 0 Å². The van der Waals surface area contributed by atoms with Crippen molar-refractivity contribution in [1.29, 1.82) is 0 Å². The summed E-state index contributed by atoms with van der Waals surface area (Å²) in [6.07, 6.45) is 8.44. The van der Waals surface area contributed by atoms with Gasteiger partial charge in [-0.25, -0.2) is 0 Å². The maximum Gasteiger partial charge on any atom is 0.0960 e. The van der Waals surface area contributed by atoms with E-state index in [0.717, 1.165) is 25.0 Å². The van der Waals surface area contributed by atoms with Crippen LogP contribution in [-0.2, 0) is 4.74 Å². The van der Waals surface area contributed by atoms with Crippen molar-refractivity contribution in [3.8, 4) is 0 Å². The Morgan fingerprint density at radius 2 is 2.31 bits per heavy atom. The van der Waals surface area contributed by atoms with Crippen LogP contribution in [0.3, 0.4) is 0 Å². The van der Waals surface area contributed by atoms with E-state index in [0.29, 0.717) is 5.92 Å². The molecule has 0 bridgehead atoms. The third-order valence-corrected chi connectivity index (χ3v) is 4.13. The first-order valence-corrected chi connectivity index (χ1v) is 6.13. The molecule has 0 amide bonds. The summed E-state index contributed by atoms with van der Waals surface area (Å²) >= 11 is 0. The lowest BCUT2D eigenvalue weighted by Crippen LogP contribution is -2.46. The summed E-state index contributed by atoms with van der Waals surface area (Å²) in [4.78, 5) is 0. The molecule has 88 valence electrons. The van der Waals surface area contributed by atoms with Crippen molar-refractivity contribution in [1.82, 2.24) is 0 Å². The van der Waals surface area contributed by atoms with Crippen LogP contribution in [0.2, 0.25) is 0 Å². The second-order valence-corrected chi connectivity index (χ2v) is 5.14. The molecular weight excluding hydrogens is 204 g/mol. The molecule has 1 aliphatic carbocycles. The molecule has 1 saturated heterocycles. The topological polar surface area (TPSA) is 42.6 Å². The van der Waals surface area contributed by atoms with Crippen LogP contribution in [0.1, 0.15) is 43.8 Å². The van der Waals surface area contributed by atoms with E-state index in [2.05, 4.69) is 0 Å². The molecule has 2 unspecified atom stereocenters. The van der Waals surface area contributed by atoms with Crippen LogP contribution in [-0.4, -0.2) is 17.3 Å². The Labute approximate surface area is 95.4 Å². The number of aliphatic hydroxyl groups is 1. The third kappa shape index (κ3) is 1.68. The van der Waals surface area contributed by atoms with Crippen molar-refractivity contribution >= 4 is 0 Å². The number of rotatable bonds is 2. The van der Waals surface area contributed by atoms with Crippen LogP contribution in [0.15, 0.2) is 23.0 Å². The Hall–Kier alpha value is -0.800. The molecule has 0 aromatic carbocycles. The largest absolute Gasteiger partial charge is 0.472 e. The van der Waals surface area contributed by atoms with Gasteiger partial charge in [0.05, 0.1) is 24.2 Å². The Morgan fingerprint density at radius 3 is 2.94 bits per heavy atom. The van der Waals surface area contributed by atoms with Crippen molar-refractivity contribution < 1.29 is 14.3 Å². The van der Waals surface area contributed by atoms with E-state index >= 15 is 0 Å². The average Bonchev–Trinajstić information content (AvgIpc) is 2.79. The summed E-state index contributed by atoms with van der Waals surface area (Å²) in [5, 5.41) is 10.3. The lowest BCUT2D eigenvalue weighted by Gasteiger charge is -2.48. The maximum absolute atomic E-state index is 10.3. The standard InChI is InChI=1S/C13H18O3/c14-12(11-2-6-15-9-11)10-3-7-16-13(8-10)4-1-5-13/h2,6,9-10,12,14H,1,3-5,7-8H2. The predicted molar refractivity (Wildman–Crippen MR) is 58.9 cm³/mol. The summed E-state index contributed by atoms with van der Waals surface area (Å²) in [7, 11) is 0. The minimum absolute atomic E-state index is 0.105. The molecule has 2 heterocycles. The monoisotopic (exact) mass is 222 g/mol. The van der Waals surface area contributed by atoms with Gasteiger partial charge >= 0.3 is 0 Å². The van der Waals surface area contributed by atoms with Crippen LogP contribution in [0.5, 0.6) is 0 Å². The Kier molecular flexibility index (Phi) is 2.52. The lowest BCUT2D eigenvalue weighted by molar-refractivity contribution is -0.157. The molecule has 0 radical (unpaired) electrons. The van der Waals surface area contributed by atoms with Gasteiger partial charge in [-0.15, -0.1) is 0 Å². The minimum Gasteiger partial charge on any atom is -0.472 e. The van der Waals surface area contributed by atoms with E-state index in [1.54, 1.807) is 12.5 Å². The molecule has 3 rings (SSSR count). The van der Waals surface area contributed by atoms with Crippen molar-refractivity contribution in [2.75, 3.05) is 6.61 Å². The Morgan fingerprint density at radius 1 is 1.44 bits per heavy atom. The third-order valence-electron chi connectivity index (χ3n) is 4.13. The number of ether oxygens (including phenoxy) is 1. The van der Waals surface area contributed by atoms with Gasteiger partial charge in [-0.2, -0.15) is 0 Å². The Balaban J connectivity index is 1.70. The zero-order valence-corrected chi connectivity index (χ0v) is 9.39. The van der Waals surface area contributed by atoms with Crippen molar-refractivity contribution in [3.05, 3.63) is 24.2 Å². The molecule has 1 saturated carbocycles. The second kappa shape index (κ2) is 3.90. The normalized spacial score (nSPS) is 29.9. The van der Waals surface area contributed by atoms with Crippen LogP contribution in [0, 0.1) is 5.92 Å². The predicted octanol–water partition coefficient (Wildman–Crippen LogP) is 2.66. The van der Waals surface area contributed by atoms with Crippen molar-refractivity contribution in [2.24, 2.45) is 5.92 Å². The first-order valence-electron chi connectivity index (χ1n) is 6.13. The number of furan rings is 1. The van der Waals surface area contributed by atoms with Gasteiger partial charge in [-0.3, -0.25) is 0 Å². The summed E-state index contributed by atoms with van der Waals surface area (Å²) in [6.45, 7) is 0.791. The zero-order chi connectivity index (χ0) is 11.0. The lowest BCUT2D eigenvalue weighted by atomic mass is 9.70. The van der Waals surface area contributed by atoms with Gasteiger partial charge < -0.3 is 14.3 Å². The summed E-state index contributed by atoms with van der Waals surface area (Å²) in [6, 6.07) is 1.85. The fourth-order valence-electron chi connectivity index (χ4n) is 2.97. The molecular formula is C13H18O3. The van der Waals surface area contributed by atoms with Crippen LogP contribution in [0.4, 0.5) is 0 Å². The van der Waals surface area contributed by atoms with E-state index < -0.39 is 0 Å².